The van der Waals surface area contributed by atoms with Crippen LogP contribution >= 0.6 is 23.1 Å². The molecule has 0 radical (unpaired) electrons. The summed E-state index contributed by atoms with van der Waals surface area (Å²) in [5.74, 6) is -3.72. The molecule has 1 aromatic rings. The van der Waals surface area contributed by atoms with Crippen molar-refractivity contribution in [2.45, 2.75) is 11.4 Å². The normalized spacial score (nSPS) is 19.0. The number of rotatable bonds is 8. The van der Waals surface area contributed by atoms with Gasteiger partial charge < -0.3 is 30.7 Å². The Labute approximate surface area is 270 Å². The van der Waals surface area contributed by atoms with E-state index in [9.17, 15) is 24.3 Å². The molecule has 2 unspecified atom stereocenters. The molecule has 0 bridgehead atoms. The first-order chi connectivity index (χ1) is 16.2. The number of hydrogen-bond acceptors (Lipinski definition) is 13. The minimum Gasteiger partial charge on any atom is -0.726 e. The summed E-state index contributed by atoms with van der Waals surface area (Å²) in [5, 5.41) is 25.0. The average Bonchev–Trinajstić information content (AvgIpc) is 3.17. The number of allylic oxidation sites excluding steroid dienone is 1. The van der Waals surface area contributed by atoms with E-state index in [-0.39, 0.29) is 91.1 Å². The van der Waals surface area contributed by atoms with Crippen LogP contribution in [-0.4, -0.2) is 90.9 Å². The average molecular weight is 683 g/mol. The fourth-order valence-electron chi connectivity index (χ4n) is 2.76. The van der Waals surface area contributed by atoms with Crippen molar-refractivity contribution in [2.75, 3.05) is 18.1 Å². The Kier molecular flexibility index (Phi) is 12.6. The summed E-state index contributed by atoms with van der Waals surface area (Å²) in [7, 11) is -4.92. The molecule has 16 nitrogen and oxygen atoms in total. The first-order valence-electron chi connectivity index (χ1n) is 8.90. The number of nitrogens with zero attached hydrogens (tertiary/aromatic N) is 3. The van der Waals surface area contributed by atoms with E-state index in [1.165, 1.54) is 23.2 Å². The smallest absolute Gasteiger partial charge is 0.726 e. The summed E-state index contributed by atoms with van der Waals surface area (Å²) in [6, 6.07) is -1.01. The summed E-state index contributed by atoms with van der Waals surface area (Å²) in [5.41, 5.74) is 5.48. The maximum Gasteiger partial charge on any atom is 1.00 e. The van der Waals surface area contributed by atoms with Crippen molar-refractivity contribution in [1.82, 2.24) is 15.2 Å². The van der Waals surface area contributed by atoms with Crippen LogP contribution in [0.4, 0.5) is 5.13 Å². The Morgan fingerprint density at radius 3 is 2.50 bits per heavy atom. The summed E-state index contributed by atoms with van der Waals surface area (Å²) in [6.45, 7) is 2.77. The van der Waals surface area contributed by atoms with Crippen molar-refractivity contribution >= 4 is 68.1 Å². The van der Waals surface area contributed by atoms with E-state index in [2.05, 4.69) is 26.9 Å². The van der Waals surface area contributed by atoms with Crippen molar-refractivity contribution in [1.29, 1.82) is 0 Å². The van der Waals surface area contributed by atoms with Crippen LogP contribution in [0, 0.1) is 0 Å². The van der Waals surface area contributed by atoms with Gasteiger partial charge in [0.25, 0.3) is 11.8 Å². The number of carbonyl (C=O) groups is 4. The number of carboxylic acid groups (broad SMARTS) is 2. The van der Waals surface area contributed by atoms with Crippen LogP contribution in [0.25, 0.3) is 0 Å². The number of carbonyl (C=O) groups excluding carboxylic acids is 2. The van der Waals surface area contributed by atoms with Crippen LogP contribution in [0.3, 0.4) is 0 Å². The number of fused-ring (bicyclic) bond motifs is 1. The Hall–Kier alpha value is -1.47. The maximum atomic E-state index is 12.7. The van der Waals surface area contributed by atoms with Crippen molar-refractivity contribution in [3.05, 3.63) is 35.0 Å². The van der Waals surface area contributed by atoms with Gasteiger partial charge in [0, 0.05) is 11.1 Å². The van der Waals surface area contributed by atoms with E-state index in [0.717, 1.165) is 16.2 Å². The molecular weight excluding hydrogens is 667 g/mol. The van der Waals surface area contributed by atoms with Crippen LogP contribution < -0.4 is 79.9 Å². The fourth-order valence-corrected chi connectivity index (χ4v) is 4.65. The zero-order valence-electron chi connectivity index (χ0n) is 18.2. The van der Waals surface area contributed by atoms with E-state index < -0.39 is 52.2 Å². The van der Waals surface area contributed by atoms with Crippen LogP contribution in [0.1, 0.15) is 5.69 Å². The minimum absolute atomic E-state index is 0. The van der Waals surface area contributed by atoms with Crippen molar-refractivity contribution < 1.29 is 121 Å². The van der Waals surface area contributed by atoms with Gasteiger partial charge in [0.1, 0.15) is 22.8 Å². The summed E-state index contributed by atoms with van der Waals surface area (Å²) < 4.78 is 32.8. The molecule has 0 saturated carbocycles. The number of thiazole rings is 1. The molecule has 0 aliphatic carbocycles. The quantitative estimate of drug-likeness (QED) is 0.0569. The molecule has 1 saturated heterocycles. The van der Waals surface area contributed by atoms with E-state index >= 15 is 0 Å². The topological polar surface area (TPSA) is 262 Å². The third-order valence-corrected chi connectivity index (χ3v) is 6.03. The second-order valence-electron chi connectivity index (χ2n) is 6.35. The first kappa shape index (κ1) is 32.6. The Balaban J connectivity index is 0.000000983. The zero-order chi connectivity index (χ0) is 26.5. The summed E-state index contributed by atoms with van der Waals surface area (Å²) in [6.07, 6.45) is 1.38. The molecule has 190 valence electrons. The predicted molar refractivity (Wildman–Crippen MR) is 119 cm³/mol. The van der Waals surface area contributed by atoms with Crippen LogP contribution in [0.15, 0.2) is 34.5 Å². The number of carboxylic acids is 2. The molecule has 2 aliphatic rings. The van der Waals surface area contributed by atoms with Crippen LogP contribution in [0.5, 0.6) is 0 Å². The SMILES string of the molecule is C=CC1=C(C(=O)O)N2C(=O)C(NC(=O)/C(=N\OCC(=O)O)c3csc(N)n3)C2SC1.O=S(=O)([O-])O.[Cs+]. The third kappa shape index (κ3) is 8.83. The third-order valence-electron chi connectivity index (χ3n) is 4.06. The van der Waals surface area contributed by atoms with Gasteiger partial charge in [-0.1, -0.05) is 17.8 Å². The number of aliphatic carboxylic acids is 2. The molecule has 2 aliphatic heterocycles. The van der Waals surface area contributed by atoms with E-state index in [0.29, 0.717) is 11.3 Å². The number of oxime groups is 1. The summed E-state index contributed by atoms with van der Waals surface area (Å²) in [4.78, 5) is 57.1. The number of nitrogens with one attached hydrogen (secondary N) is 1. The molecule has 3 heterocycles. The number of aromatic nitrogens is 1. The van der Waals surface area contributed by atoms with Gasteiger partial charge in [-0.3, -0.25) is 19.0 Å². The number of amides is 2. The van der Waals surface area contributed by atoms with Crippen LogP contribution in [0.2, 0.25) is 0 Å². The molecule has 36 heavy (non-hydrogen) atoms. The van der Waals surface area contributed by atoms with Gasteiger partial charge in [-0.15, -0.1) is 23.1 Å². The molecule has 2 amide bonds. The van der Waals surface area contributed by atoms with Gasteiger partial charge >= 0.3 is 80.8 Å². The van der Waals surface area contributed by atoms with Gasteiger partial charge in [-0.25, -0.2) is 23.0 Å². The molecule has 2 atom stereocenters. The van der Waals surface area contributed by atoms with Crippen molar-refractivity contribution in [3.63, 3.8) is 0 Å². The molecule has 1 aromatic heterocycles. The van der Waals surface area contributed by atoms with Gasteiger partial charge in [-0.05, 0) is 5.57 Å². The monoisotopic (exact) mass is 683 g/mol. The standard InChI is InChI=1S/C16H15N5O7S2.Cs.H2O4S/c1-2-6-4-29-14-10(13(25)21(14)11(6)15(26)27)19-12(24)9(20-28-3-8(22)23)7-5-30-16(17)18-7;;1-5(2,3)4/h2,5,10,14H,1,3-4H2,(H2,17,18)(H,19,24)(H,22,23)(H,26,27);;(H2,1,2,3,4)/q;+1;/p-1/b20-9-;;. The van der Waals surface area contributed by atoms with Crippen molar-refractivity contribution in [3.8, 4) is 0 Å². The summed E-state index contributed by atoms with van der Waals surface area (Å²) >= 11 is 2.30. The van der Waals surface area contributed by atoms with Crippen molar-refractivity contribution in [2.24, 2.45) is 5.16 Å². The Bertz CT molecular complexity index is 1220. The number of hydrogen-bond donors (Lipinski definition) is 5. The van der Waals surface area contributed by atoms with Crippen LogP contribution in [-0.2, 0) is 34.4 Å². The number of nitrogens with two attached hydrogens (primary N) is 1. The molecule has 20 heteroatoms. The minimum atomic E-state index is -4.92. The number of β-lactam (4-membered cyclic amide) rings is 1. The maximum absolute atomic E-state index is 12.7. The van der Waals surface area contributed by atoms with E-state index in [1.54, 1.807) is 0 Å². The second-order valence-corrected chi connectivity index (χ2v) is 9.20. The molecule has 1 fully saturated rings. The van der Waals surface area contributed by atoms with E-state index in [1.807, 2.05) is 0 Å². The van der Waals surface area contributed by atoms with Gasteiger partial charge in [0.2, 0.25) is 17.0 Å². The molecular formula is C16H16CsN5O11S3. The van der Waals surface area contributed by atoms with E-state index in [4.69, 9.17) is 28.4 Å². The fraction of sp³-hybridized carbons (Fsp3) is 0.250. The predicted octanol–water partition coefficient (Wildman–Crippen LogP) is -4.54. The van der Waals surface area contributed by atoms with Gasteiger partial charge in [0.15, 0.2) is 10.8 Å². The number of thioether (sulfide) groups is 1. The van der Waals surface area contributed by atoms with Gasteiger partial charge in [0.05, 0.1) is 0 Å². The largest absolute Gasteiger partial charge is 1.00 e. The number of nitrogen functional groups attached to an aromatic ring is 1. The molecule has 0 spiro atoms. The Morgan fingerprint density at radius 2 is 2.03 bits per heavy atom. The van der Waals surface area contributed by atoms with Gasteiger partial charge in [-0.2, -0.15) is 0 Å². The Morgan fingerprint density at radius 1 is 1.42 bits per heavy atom. The molecule has 6 N–H and O–H groups in total. The second kappa shape index (κ2) is 13.9. The molecule has 0 aromatic carbocycles. The zero-order valence-corrected chi connectivity index (χ0v) is 26.9. The molecule has 3 rings (SSSR count). The first-order valence-corrected chi connectivity index (χ1v) is 12.2. The number of anilines is 1.